The fourth-order valence-electron chi connectivity index (χ4n) is 3.06. The summed E-state index contributed by atoms with van der Waals surface area (Å²) >= 11 is 1.40. The van der Waals surface area contributed by atoms with Crippen LogP contribution in [0.5, 0.6) is 0 Å². The van der Waals surface area contributed by atoms with Gasteiger partial charge in [-0.2, -0.15) is 11.8 Å². The Kier molecular flexibility index (Phi) is 20.4. The van der Waals surface area contributed by atoms with Crippen LogP contribution in [0.15, 0.2) is 0 Å². The fraction of sp³-hybridized carbons (Fsp3) is 0.909. The third kappa shape index (κ3) is 21.5. The van der Waals surface area contributed by atoms with Crippen LogP contribution in [0.25, 0.3) is 0 Å². The molecule has 0 heterocycles. The molecule has 1 unspecified atom stereocenters. The van der Waals surface area contributed by atoms with Crippen molar-refractivity contribution in [3.05, 3.63) is 0 Å². The lowest BCUT2D eigenvalue weighted by Gasteiger charge is -2.11. The number of hydrogen-bond acceptors (Lipinski definition) is 4. The number of carbonyl (C=O) groups excluding carboxylic acids is 1. The largest absolute Gasteiger partial charge is 0.481 e. The van der Waals surface area contributed by atoms with Gasteiger partial charge >= 0.3 is 5.97 Å². The maximum Gasteiger partial charge on any atom is 0.304 e. The van der Waals surface area contributed by atoms with Crippen molar-refractivity contribution in [2.24, 2.45) is 0 Å². The standard InChI is InChI=1S/C22H43NO4S/c1-2-3-4-5-6-7-8-9-10-11-12-13-14-15-21(25)23-18-20(24)19-28-17-16-22(26)27/h20,24H,2-19H2,1H3,(H,23,25)(H,26,27). The Hall–Kier alpha value is -0.750. The summed E-state index contributed by atoms with van der Waals surface area (Å²) in [5, 5.41) is 21.1. The van der Waals surface area contributed by atoms with Crippen molar-refractivity contribution in [3.8, 4) is 0 Å². The normalized spacial score (nSPS) is 12.1. The summed E-state index contributed by atoms with van der Waals surface area (Å²) < 4.78 is 0. The molecule has 0 aliphatic heterocycles. The molecule has 0 bridgehead atoms. The number of aliphatic hydroxyl groups is 1. The average Bonchev–Trinajstić information content (AvgIpc) is 2.67. The quantitative estimate of drug-likeness (QED) is 0.225. The lowest BCUT2D eigenvalue weighted by Crippen LogP contribution is -2.33. The molecule has 1 amide bonds. The number of hydrogen-bond donors (Lipinski definition) is 3. The molecule has 0 spiro atoms. The van der Waals surface area contributed by atoms with Crippen molar-refractivity contribution in [2.45, 2.75) is 109 Å². The average molecular weight is 418 g/mol. The van der Waals surface area contributed by atoms with Gasteiger partial charge in [0.1, 0.15) is 0 Å². The van der Waals surface area contributed by atoms with Gasteiger partial charge in [0, 0.05) is 24.5 Å². The van der Waals surface area contributed by atoms with E-state index in [9.17, 15) is 14.7 Å². The number of carboxylic acid groups (broad SMARTS) is 1. The second kappa shape index (κ2) is 21.0. The van der Waals surface area contributed by atoms with E-state index in [0.29, 0.717) is 17.9 Å². The molecule has 0 aromatic carbocycles. The molecule has 3 N–H and O–H groups in total. The molecule has 0 saturated heterocycles. The zero-order valence-electron chi connectivity index (χ0n) is 17.9. The minimum Gasteiger partial charge on any atom is -0.481 e. The second-order valence-corrected chi connectivity index (χ2v) is 8.82. The summed E-state index contributed by atoms with van der Waals surface area (Å²) in [6.45, 7) is 2.50. The molecule has 0 rings (SSSR count). The summed E-state index contributed by atoms with van der Waals surface area (Å²) in [7, 11) is 0. The van der Waals surface area contributed by atoms with Crippen molar-refractivity contribution in [1.82, 2.24) is 5.32 Å². The monoisotopic (exact) mass is 417 g/mol. The summed E-state index contributed by atoms with van der Waals surface area (Å²) in [6.07, 6.45) is 16.8. The minimum absolute atomic E-state index is 0.00217. The Morgan fingerprint density at radius 3 is 1.82 bits per heavy atom. The summed E-state index contributed by atoms with van der Waals surface area (Å²) in [5.41, 5.74) is 0. The molecule has 1 atom stereocenters. The first-order chi connectivity index (χ1) is 13.6. The molecule has 0 aromatic rings. The number of rotatable bonds is 21. The summed E-state index contributed by atoms with van der Waals surface area (Å²) in [5.74, 6) is 0.108. The van der Waals surface area contributed by atoms with Crippen molar-refractivity contribution in [3.63, 3.8) is 0 Å². The van der Waals surface area contributed by atoms with Gasteiger partial charge in [0.25, 0.3) is 0 Å². The molecule has 5 nitrogen and oxygen atoms in total. The van der Waals surface area contributed by atoms with Crippen molar-refractivity contribution >= 4 is 23.6 Å². The maximum atomic E-state index is 11.8. The van der Waals surface area contributed by atoms with Crippen LogP contribution >= 0.6 is 11.8 Å². The maximum absolute atomic E-state index is 11.8. The van der Waals surface area contributed by atoms with Gasteiger partial charge in [-0.05, 0) is 6.42 Å². The van der Waals surface area contributed by atoms with E-state index >= 15 is 0 Å². The highest BCUT2D eigenvalue weighted by Gasteiger charge is 2.08. The summed E-state index contributed by atoms with van der Waals surface area (Å²) in [6, 6.07) is 0. The molecule has 6 heteroatoms. The number of carbonyl (C=O) groups is 2. The van der Waals surface area contributed by atoms with Crippen molar-refractivity contribution in [1.29, 1.82) is 0 Å². The third-order valence-electron chi connectivity index (χ3n) is 4.81. The number of aliphatic carboxylic acids is 1. The van der Waals surface area contributed by atoms with Crippen molar-refractivity contribution < 1.29 is 19.8 Å². The van der Waals surface area contributed by atoms with Crippen LogP contribution in [-0.4, -0.2) is 46.2 Å². The Balaban J connectivity index is 3.29. The SMILES string of the molecule is CCCCCCCCCCCCCCCC(=O)NCC(O)CSCCC(=O)O. The first-order valence-electron chi connectivity index (χ1n) is 11.3. The van der Waals surface area contributed by atoms with E-state index in [1.54, 1.807) is 0 Å². The molecule has 0 aromatic heterocycles. The first kappa shape index (κ1) is 27.2. The predicted octanol–water partition coefficient (Wildman–Crippen LogP) is 5.15. The topological polar surface area (TPSA) is 86.6 Å². The molecular weight excluding hydrogens is 374 g/mol. The van der Waals surface area contributed by atoms with Gasteiger partial charge < -0.3 is 15.5 Å². The highest BCUT2D eigenvalue weighted by atomic mass is 32.2. The minimum atomic E-state index is -0.826. The van der Waals surface area contributed by atoms with Gasteiger partial charge in [-0.15, -0.1) is 0 Å². The lowest BCUT2D eigenvalue weighted by molar-refractivity contribution is -0.136. The Labute approximate surface area is 176 Å². The summed E-state index contributed by atoms with van der Waals surface area (Å²) in [4.78, 5) is 22.2. The number of unbranched alkanes of at least 4 members (excludes halogenated alkanes) is 12. The van der Waals surface area contributed by atoms with Crippen LogP contribution in [0.1, 0.15) is 103 Å². The highest BCUT2D eigenvalue weighted by Crippen LogP contribution is 2.13. The van der Waals surface area contributed by atoms with E-state index in [0.717, 1.165) is 12.8 Å². The Morgan fingerprint density at radius 2 is 1.32 bits per heavy atom. The molecular formula is C22H43NO4S. The third-order valence-corrected chi connectivity index (χ3v) is 5.93. The molecule has 0 radical (unpaired) electrons. The zero-order chi connectivity index (χ0) is 20.9. The number of nitrogens with one attached hydrogen (secondary N) is 1. The second-order valence-electron chi connectivity index (χ2n) is 7.67. The van der Waals surface area contributed by atoms with Crippen LogP contribution in [-0.2, 0) is 9.59 Å². The van der Waals surface area contributed by atoms with E-state index in [-0.39, 0.29) is 18.9 Å². The number of carboxylic acids is 1. The molecule has 0 aliphatic carbocycles. The van der Waals surface area contributed by atoms with E-state index in [2.05, 4.69) is 12.2 Å². The zero-order valence-corrected chi connectivity index (χ0v) is 18.7. The fourth-order valence-corrected chi connectivity index (χ4v) is 3.94. The van der Waals surface area contributed by atoms with E-state index < -0.39 is 12.1 Å². The van der Waals surface area contributed by atoms with Gasteiger partial charge in [0.05, 0.1) is 12.5 Å². The molecule has 0 saturated carbocycles. The lowest BCUT2D eigenvalue weighted by atomic mass is 10.0. The molecule has 0 fully saturated rings. The van der Waals surface area contributed by atoms with Gasteiger partial charge in [-0.25, -0.2) is 0 Å². The molecule has 28 heavy (non-hydrogen) atoms. The highest BCUT2D eigenvalue weighted by molar-refractivity contribution is 7.99. The Morgan fingerprint density at radius 1 is 0.821 bits per heavy atom. The molecule has 0 aliphatic rings. The van der Waals surface area contributed by atoms with Gasteiger partial charge in [0.15, 0.2) is 0 Å². The van der Waals surface area contributed by atoms with Gasteiger partial charge in [-0.3, -0.25) is 9.59 Å². The van der Waals surface area contributed by atoms with E-state index in [4.69, 9.17) is 5.11 Å². The van der Waals surface area contributed by atoms with E-state index in [1.807, 2.05) is 0 Å². The first-order valence-corrected chi connectivity index (χ1v) is 12.5. The number of aliphatic hydroxyl groups excluding tert-OH is 1. The van der Waals surface area contributed by atoms with Gasteiger partial charge in [-0.1, -0.05) is 84.0 Å². The van der Waals surface area contributed by atoms with Crippen LogP contribution in [0.3, 0.4) is 0 Å². The van der Waals surface area contributed by atoms with Crippen LogP contribution < -0.4 is 5.32 Å². The predicted molar refractivity (Wildman–Crippen MR) is 119 cm³/mol. The van der Waals surface area contributed by atoms with E-state index in [1.165, 1.54) is 82.4 Å². The van der Waals surface area contributed by atoms with Crippen LogP contribution in [0.4, 0.5) is 0 Å². The van der Waals surface area contributed by atoms with Crippen LogP contribution in [0.2, 0.25) is 0 Å². The van der Waals surface area contributed by atoms with Gasteiger partial charge in [0.2, 0.25) is 5.91 Å². The smallest absolute Gasteiger partial charge is 0.304 e. The molecule has 166 valence electrons. The Bertz CT molecular complexity index is 380. The number of thioether (sulfide) groups is 1. The van der Waals surface area contributed by atoms with Crippen molar-refractivity contribution in [2.75, 3.05) is 18.1 Å². The number of amides is 1. The van der Waals surface area contributed by atoms with Crippen LogP contribution in [0, 0.1) is 0 Å².